The van der Waals surface area contributed by atoms with E-state index in [2.05, 4.69) is 65.0 Å². The van der Waals surface area contributed by atoms with Crippen LogP contribution in [0.4, 0.5) is 4.39 Å². The van der Waals surface area contributed by atoms with Crippen molar-refractivity contribution in [3.05, 3.63) is 99.4 Å². The van der Waals surface area contributed by atoms with Crippen LogP contribution in [-0.2, 0) is 21.4 Å². The third-order valence-electron chi connectivity index (χ3n) is 8.82. The molecule has 0 saturated heterocycles. The summed E-state index contributed by atoms with van der Waals surface area (Å²) in [6, 6.07) is 16.3. The lowest BCUT2D eigenvalue weighted by atomic mass is 9.69. The zero-order valence-electron chi connectivity index (χ0n) is 25.5. The van der Waals surface area contributed by atoms with E-state index in [1.165, 1.54) is 29.9 Å². The van der Waals surface area contributed by atoms with Gasteiger partial charge in [0.1, 0.15) is 5.82 Å². The molecule has 0 bridgehead atoms. The first kappa shape index (κ1) is 31.3. The number of esters is 1. The molecule has 0 unspecified atom stereocenters. The SMILES string of the molecule is CCC(O)(C=Cc1ccc(C(CC)(CC)c2cc(C)c(-c3ccc(CC(=O)OC)c(F)c3)c(C)c2)cc1C)CC. The van der Waals surface area contributed by atoms with E-state index in [9.17, 15) is 14.3 Å². The Balaban J connectivity index is 2.03. The van der Waals surface area contributed by atoms with Crippen molar-refractivity contribution in [1.29, 1.82) is 0 Å². The molecular weight excluding hydrogens is 499 g/mol. The minimum absolute atomic E-state index is 0.0822. The second-order valence-electron chi connectivity index (χ2n) is 11.0. The van der Waals surface area contributed by atoms with Gasteiger partial charge in [0.05, 0.1) is 19.1 Å². The monoisotopic (exact) mass is 544 g/mol. The normalized spacial score (nSPS) is 12.2. The van der Waals surface area contributed by atoms with E-state index >= 15 is 0 Å². The fraction of sp³-hybridized carbons (Fsp3) is 0.417. The quantitative estimate of drug-likeness (QED) is 0.245. The van der Waals surface area contributed by atoms with Gasteiger partial charge in [-0.1, -0.05) is 82.3 Å². The van der Waals surface area contributed by atoms with Gasteiger partial charge in [-0.2, -0.15) is 0 Å². The Morgan fingerprint density at radius 2 is 1.45 bits per heavy atom. The van der Waals surface area contributed by atoms with Crippen molar-refractivity contribution >= 4 is 12.0 Å². The second kappa shape index (κ2) is 13.0. The van der Waals surface area contributed by atoms with Crippen LogP contribution in [-0.4, -0.2) is 23.8 Å². The van der Waals surface area contributed by atoms with Crippen LogP contribution in [0.3, 0.4) is 0 Å². The molecule has 0 radical (unpaired) electrons. The molecule has 0 aliphatic carbocycles. The number of aryl methyl sites for hydroxylation is 3. The molecule has 0 fully saturated rings. The third-order valence-corrected chi connectivity index (χ3v) is 8.82. The predicted octanol–water partition coefficient (Wildman–Crippen LogP) is 8.80. The molecule has 3 nitrogen and oxygen atoms in total. The van der Waals surface area contributed by atoms with Gasteiger partial charge in [0.2, 0.25) is 0 Å². The first-order valence-corrected chi connectivity index (χ1v) is 14.5. The van der Waals surface area contributed by atoms with Crippen LogP contribution in [0.1, 0.15) is 92.3 Å². The van der Waals surface area contributed by atoms with Gasteiger partial charge in [-0.05, 0) is 103 Å². The highest BCUT2D eigenvalue weighted by Gasteiger charge is 2.32. The maximum atomic E-state index is 14.9. The van der Waals surface area contributed by atoms with Crippen LogP contribution in [0.15, 0.2) is 54.6 Å². The molecule has 0 amide bonds. The average molecular weight is 545 g/mol. The summed E-state index contributed by atoms with van der Waals surface area (Å²) in [5.74, 6) is -0.857. The van der Waals surface area contributed by atoms with E-state index in [1.807, 2.05) is 32.1 Å². The molecule has 0 atom stereocenters. The van der Waals surface area contributed by atoms with Gasteiger partial charge in [0.25, 0.3) is 0 Å². The van der Waals surface area contributed by atoms with Crippen molar-refractivity contribution in [2.24, 2.45) is 0 Å². The molecular formula is C36H45FO3. The molecule has 0 aliphatic heterocycles. The second-order valence-corrected chi connectivity index (χ2v) is 11.0. The minimum Gasteiger partial charge on any atom is -0.469 e. The number of methoxy groups -OCH3 is 1. The fourth-order valence-corrected chi connectivity index (χ4v) is 5.89. The molecule has 4 heteroatoms. The highest BCUT2D eigenvalue weighted by atomic mass is 19.1. The van der Waals surface area contributed by atoms with Crippen molar-refractivity contribution in [1.82, 2.24) is 0 Å². The number of carbonyl (C=O) groups is 1. The average Bonchev–Trinajstić information content (AvgIpc) is 2.94. The van der Waals surface area contributed by atoms with Gasteiger partial charge < -0.3 is 9.84 Å². The Hall–Kier alpha value is -3.24. The summed E-state index contributed by atoms with van der Waals surface area (Å²) in [5, 5.41) is 10.7. The molecule has 0 aromatic heterocycles. The molecule has 0 heterocycles. The van der Waals surface area contributed by atoms with E-state index < -0.39 is 17.4 Å². The summed E-state index contributed by atoms with van der Waals surface area (Å²) in [5.41, 5.74) is 8.24. The van der Waals surface area contributed by atoms with Crippen molar-refractivity contribution in [3.8, 4) is 11.1 Å². The topological polar surface area (TPSA) is 46.5 Å². The molecule has 0 saturated carbocycles. The summed E-state index contributed by atoms with van der Waals surface area (Å²) in [6.45, 7) is 14.8. The lowest BCUT2D eigenvalue weighted by Gasteiger charge is -2.35. The van der Waals surface area contributed by atoms with Crippen LogP contribution in [0.2, 0.25) is 0 Å². The van der Waals surface area contributed by atoms with Crippen LogP contribution in [0.5, 0.6) is 0 Å². The third kappa shape index (κ3) is 6.39. The van der Waals surface area contributed by atoms with Gasteiger partial charge >= 0.3 is 5.97 Å². The smallest absolute Gasteiger partial charge is 0.310 e. The van der Waals surface area contributed by atoms with Crippen LogP contribution in [0, 0.1) is 26.6 Å². The van der Waals surface area contributed by atoms with Gasteiger partial charge in [-0.15, -0.1) is 0 Å². The Morgan fingerprint density at radius 3 is 1.95 bits per heavy atom. The molecule has 214 valence electrons. The predicted molar refractivity (Wildman–Crippen MR) is 164 cm³/mol. The zero-order chi connectivity index (χ0) is 29.7. The lowest BCUT2D eigenvalue weighted by molar-refractivity contribution is -0.139. The maximum absolute atomic E-state index is 14.9. The Bertz CT molecular complexity index is 1350. The number of carbonyl (C=O) groups excluding carboxylic acids is 1. The van der Waals surface area contributed by atoms with E-state index in [0.29, 0.717) is 18.4 Å². The highest BCUT2D eigenvalue weighted by molar-refractivity contribution is 5.75. The van der Waals surface area contributed by atoms with E-state index in [0.717, 1.165) is 40.7 Å². The van der Waals surface area contributed by atoms with Crippen molar-refractivity contribution in [2.45, 2.75) is 91.6 Å². The molecule has 3 rings (SSSR count). The number of benzene rings is 3. The molecule has 0 aliphatic rings. The van der Waals surface area contributed by atoms with E-state index in [1.54, 1.807) is 6.07 Å². The number of rotatable bonds is 11. The lowest BCUT2D eigenvalue weighted by Crippen LogP contribution is -2.26. The van der Waals surface area contributed by atoms with E-state index in [4.69, 9.17) is 4.74 Å². The van der Waals surface area contributed by atoms with Crippen LogP contribution < -0.4 is 0 Å². The van der Waals surface area contributed by atoms with Gasteiger partial charge in [-0.3, -0.25) is 4.79 Å². The number of halogens is 1. The Labute approximate surface area is 240 Å². The van der Waals surface area contributed by atoms with Crippen LogP contribution in [0.25, 0.3) is 17.2 Å². The van der Waals surface area contributed by atoms with Crippen molar-refractivity contribution in [2.75, 3.05) is 7.11 Å². The molecule has 1 N–H and O–H groups in total. The molecule has 3 aromatic carbocycles. The summed E-state index contributed by atoms with van der Waals surface area (Å²) in [6.07, 6.45) is 7.15. The largest absolute Gasteiger partial charge is 0.469 e. The first-order chi connectivity index (χ1) is 19.0. The van der Waals surface area contributed by atoms with Crippen molar-refractivity contribution < 1.29 is 19.0 Å². The summed E-state index contributed by atoms with van der Waals surface area (Å²) in [4.78, 5) is 11.6. The minimum atomic E-state index is -0.775. The van der Waals surface area contributed by atoms with Gasteiger partial charge in [0, 0.05) is 5.41 Å². The van der Waals surface area contributed by atoms with E-state index in [-0.39, 0.29) is 11.8 Å². The summed E-state index contributed by atoms with van der Waals surface area (Å²) >= 11 is 0. The number of ether oxygens (including phenoxy) is 1. The number of aliphatic hydroxyl groups is 1. The van der Waals surface area contributed by atoms with Gasteiger partial charge in [0.15, 0.2) is 0 Å². The Morgan fingerprint density at radius 1 is 0.850 bits per heavy atom. The zero-order valence-corrected chi connectivity index (χ0v) is 25.5. The standard InChI is InChI=1S/C36H45FO3/c1-9-35(39,10-2)18-17-27-15-16-30(19-24(27)5)36(11-3,12-4)31-20-25(6)34(26(7)21-31)29-14-13-28(32(37)22-29)23-33(38)40-8/h13-22,39H,9-12,23H2,1-8H3. The highest BCUT2D eigenvalue weighted by Crippen LogP contribution is 2.42. The van der Waals surface area contributed by atoms with Crippen molar-refractivity contribution in [3.63, 3.8) is 0 Å². The fourth-order valence-electron chi connectivity index (χ4n) is 5.89. The first-order valence-electron chi connectivity index (χ1n) is 14.5. The molecule has 0 spiro atoms. The number of hydrogen-bond donors (Lipinski definition) is 1. The molecule has 40 heavy (non-hydrogen) atoms. The maximum Gasteiger partial charge on any atom is 0.310 e. The van der Waals surface area contributed by atoms with Crippen LogP contribution >= 0.6 is 0 Å². The molecule has 3 aromatic rings. The van der Waals surface area contributed by atoms with Gasteiger partial charge in [-0.25, -0.2) is 4.39 Å². The Kier molecular flexibility index (Phi) is 10.1. The summed E-state index contributed by atoms with van der Waals surface area (Å²) < 4.78 is 19.6. The summed E-state index contributed by atoms with van der Waals surface area (Å²) in [7, 11) is 1.31. The number of hydrogen-bond acceptors (Lipinski definition) is 3.